The summed E-state index contributed by atoms with van der Waals surface area (Å²) in [7, 11) is 0. The molecule has 0 aromatic carbocycles. The Labute approximate surface area is 127 Å². The largest absolute Gasteiger partial charge is 0.463 e. The summed E-state index contributed by atoms with van der Waals surface area (Å²) in [5.41, 5.74) is 0. The first-order valence-corrected chi connectivity index (χ1v) is 8.30. The van der Waals surface area contributed by atoms with Crippen LogP contribution in [-0.4, -0.2) is 48.7 Å². The van der Waals surface area contributed by atoms with Crippen LogP contribution in [0.2, 0.25) is 0 Å². The highest BCUT2D eigenvalue weighted by Gasteiger charge is 2.15. The summed E-state index contributed by atoms with van der Waals surface area (Å²) in [6.45, 7) is 12.1. The molecule has 0 saturated heterocycles. The third kappa shape index (κ3) is 9.95. The third-order valence-corrected chi connectivity index (χ3v) is 3.74. The number of carbonyl (C=O) groups is 1. The molecule has 0 aliphatic carbocycles. The van der Waals surface area contributed by atoms with Gasteiger partial charge in [-0.2, -0.15) is 11.8 Å². The van der Waals surface area contributed by atoms with Gasteiger partial charge in [-0.1, -0.05) is 0 Å². The maximum atomic E-state index is 11.4. The summed E-state index contributed by atoms with van der Waals surface area (Å²) in [5, 5.41) is 6.32. The van der Waals surface area contributed by atoms with Crippen LogP contribution in [0.25, 0.3) is 0 Å². The Morgan fingerprint density at radius 3 is 2.50 bits per heavy atom. The highest BCUT2D eigenvalue weighted by Crippen LogP contribution is 2.20. The Morgan fingerprint density at radius 1 is 1.35 bits per heavy atom. The van der Waals surface area contributed by atoms with Gasteiger partial charge in [-0.25, -0.2) is 0 Å². The Hall–Kier alpha value is -0.910. The van der Waals surface area contributed by atoms with Crippen LogP contribution in [0, 0.1) is 0 Å². The van der Waals surface area contributed by atoms with Crippen LogP contribution in [0.15, 0.2) is 4.99 Å². The molecule has 0 saturated carbocycles. The van der Waals surface area contributed by atoms with Gasteiger partial charge in [0.15, 0.2) is 5.96 Å². The number of guanidine groups is 1. The van der Waals surface area contributed by atoms with Gasteiger partial charge in [0.25, 0.3) is 0 Å². The van der Waals surface area contributed by atoms with Crippen molar-refractivity contribution in [2.45, 2.75) is 51.9 Å². The van der Waals surface area contributed by atoms with Crippen LogP contribution >= 0.6 is 11.8 Å². The van der Waals surface area contributed by atoms with Crippen molar-refractivity contribution in [2.75, 3.05) is 25.9 Å². The summed E-state index contributed by atoms with van der Waals surface area (Å²) >= 11 is 1.79. The van der Waals surface area contributed by atoms with E-state index in [2.05, 4.69) is 35.7 Å². The van der Waals surface area contributed by atoms with Gasteiger partial charge in [0.2, 0.25) is 0 Å². The minimum atomic E-state index is -0.187. The van der Waals surface area contributed by atoms with E-state index < -0.39 is 0 Å². The molecule has 118 valence electrons. The molecule has 0 aromatic heterocycles. The van der Waals surface area contributed by atoms with Crippen LogP contribution in [0.1, 0.15) is 41.0 Å². The Bertz CT molecular complexity index is 318. The van der Waals surface area contributed by atoms with Gasteiger partial charge < -0.3 is 15.4 Å². The van der Waals surface area contributed by atoms with Gasteiger partial charge in [0.1, 0.15) is 0 Å². The number of ether oxygens (including phenoxy) is 1. The second-order valence-electron chi connectivity index (χ2n) is 5.37. The van der Waals surface area contributed by atoms with Crippen LogP contribution < -0.4 is 10.6 Å². The quantitative estimate of drug-likeness (QED) is 0.408. The highest BCUT2D eigenvalue weighted by atomic mass is 32.2. The summed E-state index contributed by atoms with van der Waals surface area (Å²) < 4.78 is 5.19. The van der Waals surface area contributed by atoms with Crippen LogP contribution in [-0.2, 0) is 9.53 Å². The molecule has 0 amide bonds. The Kier molecular flexibility index (Phi) is 9.46. The van der Waals surface area contributed by atoms with Crippen molar-refractivity contribution >= 4 is 23.7 Å². The van der Waals surface area contributed by atoms with Gasteiger partial charge in [-0.3, -0.25) is 9.79 Å². The number of hydrogen-bond donors (Lipinski definition) is 2. The topological polar surface area (TPSA) is 62.7 Å². The number of aliphatic imine (C=N–C) groups is 1. The average Bonchev–Trinajstić information content (AvgIpc) is 2.35. The number of hydrogen-bond acceptors (Lipinski definition) is 4. The fourth-order valence-corrected chi connectivity index (χ4v) is 1.47. The van der Waals surface area contributed by atoms with Crippen LogP contribution in [0.5, 0.6) is 0 Å². The third-order valence-electron chi connectivity index (χ3n) is 2.50. The second kappa shape index (κ2) is 9.91. The van der Waals surface area contributed by atoms with E-state index in [0.717, 1.165) is 19.0 Å². The van der Waals surface area contributed by atoms with E-state index in [0.29, 0.717) is 13.0 Å². The molecular formula is C14H29N3O2S. The smallest absolute Gasteiger partial charge is 0.307 e. The maximum absolute atomic E-state index is 11.4. The zero-order valence-electron chi connectivity index (χ0n) is 13.6. The molecule has 0 aliphatic rings. The van der Waals surface area contributed by atoms with Crippen molar-refractivity contribution < 1.29 is 9.53 Å². The zero-order valence-corrected chi connectivity index (χ0v) is 14.4. The average molecular weight is 303 g/mol. The zero-order chi connectivity index (χ0) is 15.6. The molecule has 20 heavy (non-hydrogen) atoms. The van der Waals surface area contributed by atoms with Crippen molar-refractivity contribution in [3.63, 3.8) is 0 Å². The summed E-state index contributed by atoms with van der Waals surface area (Å²) in [6.07, 6.45) is 2.36. The van der Waals surface area contributed by atoms with Gasteiger partial charge >= 0.3 is 5.97 Å². The van der Waals surface area contributed by atoms with E-state index in [4.69, 9.17) is 4.74 Å². The van der Waals surface area contributed by atoms with Crippen LogP contribution in [0.4, 0.5) is 0 Å². The molecule has 2 N–H and O–H groups in total. The van der Waals surface area contributed by atoms with E-state index in [1.165, 1.54) is 0 Å². The molecule has 0 aliphatic heterocycles. The molecule has 0 radical (unpaired) electrons. The predicted molar refractivity (Wildman–Crippen MR) is 87.4 cm³/mol. The van der Waals surface area contributed by atoms with Gasteiger partial charge in [-0.05, 0) is 40.9 Å². The van der Waals surface area contributed by atoms with Crippen LogP contribution in [0.3, 0.4) is 0 Å². The lowest BCUT2D eigenvalue weighted by Crippen LogP contribution is -2.39. The summed E-state index contributed by atoms with van der Waals surface area (Å²) in [6, 6.07) is 0. The monoisotopic (exact) mass is 303 g/mol. The molecule has 0 fully saturated rings. The number of esters is 1. The highest BCUT2D eigenvalue weighted by molar-refractivity contribution is 7.99. The molecule has 6 heteroatoms. The van der Waals surface area contributed by atoms with Crippen molar-refractivity contribution in [3.8, 4) is 0 Å². The number of thioether (sulfide) groups is 1. The lowest BCUT2D eigenvalue weighted by Gasteiger charge is -2.20. The van der Waals surface area contributed by atoms with E-state index >= 15 is 0 Å². The summed E-state index contributed by atoms with van der Waals surface area (Å²) in [4.78, 5) is 16.0. The SMILES string of the molecule is CCNC(=NCC(C)(C)SC)NCCC(=O)OC(C)C. The minimum absolute atomic E-state index is 0.0632. The first-order chi connectivity index (χ1) is 9.30. The molecule has 0 rings (SSSR count). The predicted octanol–water partition coefficient (Wildman–Crippen LogP) is 2.02. The van der Waals surface area contributed by atoms with Gasteiger partial charge in [0, 0.05) is 17.8 Å². The molecule has 0 aromatic rings. The number of nitrogens with one attached hydrogen (secondary N) is 2. The molecule has 0 unspecified atom stereocenters. The Balaban J connectivity index is 4.21. The standard InChI is InChI=1S/C14H29N3O2S/c1-7-15-13(17-10-14(4,5)20-6)16-9-8-12(18)19-11(2)3/h11H,7-10H2,1-6H3,(H2,15,16,17). The fraction of sp³-hybridized carbons (Fsp3) is 0.857. The minimum Gasteiger partial charge on any atom is -0.463 e. The van der Waals surface area contributed by atoms with E-state index in [9.17, 15) is 4.79 Å². The van der Waals surface area contributed by atoms with Crippen molar-refractivity contribution in [3.05, 3.63) is 0 Å². The maximum Gasteiger partial charge on any atom is 0.307 e. The number of rotatable bonds is 8. The molecule has 0 atom stereocenters. The molecule has 0 heterocycles. The van der Waals surface area contributed by atoms with Crippen molar-refractivity contribution in [1.29, 1.82) is 0 Å². The number of nitrogens with zero attached hydrogens (tertiary/aromatic N) is 1. The van der Waals surface area contributed by atoms with Gasteiger partial charge in [0.05, 0.1) is 19.1 Å². The second-order valence-corrected chi connectivity index (χ2v) is 6.89. The van der Waals surface area contributed by atoms with E-state index in [1.807, 2.05) is 20.8 Å². The molecule has 5 nitrogen and oxygen atoms in total. The molecule has 0 bridgehead atoms. The van der Waals surface area contributed by atoms with Crippen molar-refractivity contribution in [1.82, 2.24) is 10.6 Å². The normalized spacial score (nSPS) is 12.4. The lowest BCUT2D eigenvalue weighted by molar-refractivity contribution is -0.147. The lowest BCUT2D eigenvalue weighted by atomic mass is 10.2. The first-order valence-electron chi connectivity index (χ1n) is 7.07. The Morgan fingerprint density at radius 2 is 2.00 bits per heavy atom. The number of carbonyl (C=O) groups excluding carboxylic acids is 1. The van der Waals surface area contributed by atoms with E-state index in [-0.39, 0.29) is 16.8 Å². The first kappa shape index (κ1) is 19.1. The summed E-state index contributed by atoms with van der Waals surface area (Å²) in [5.74, 6) is 0.555. The molecule has 0 spiro atoms. The fourth-order valence-electron chi connectivity index (χ4n) is 1.28. The van der Waals surface area contributed by atoms with Gasteiger partial charge in [-0.15, -0.1) is 0 Å². The van der Waals surface area contributed by atoms with E-state index in [1.54, 1.807) is 11.8 Å². The van der Waals surface area contributed by atoms with Crippen molar-refractivity contribution in [2.24, 2.45) is 4.99 Å². The molecular weight excluding hydrogens is 274 g/mol.